The summed E-state index contributed by atoms with van der Waals surface area (Å²) in [5.74, 6) is -0.215. The van der Waals surface area contributed by atoms with Crippen LogP contribution in [0.15, 0.2) is 57.8 Å². The number of hydrogen-bond donors (Lipinski definition) is 2. The average Bonchev–Trinajstić information content (AvgIpc) is 3.20. The standard InChI is InChI=1S/C24H30N4O5S/c1-16(2)22(26-23(29)19-11-5-6-12-20(19)33-4)24(30)25-17-9-7-10-18(15-17)34(31,32)27-21-13-8-14-28(21)3/h5-7,9-12,15-16,22H,8,13-14H2,1-4H3,(H,25,30)(H,26,29)/b27-21-. The number of hydrogen-bond acceptors (Lipinski definition) is 5. The van der Waals surface area contributed by atoms with Gasteiger partial charge in [-0.25, -0.2) is 0 Å². The molecular formula is C24H30N4O5S. The first-order valence-electron chi connectivity index (χ1n) is 11.0. The highest BCUT2D eigenvalue weighted by molar-refractivity contribution is 7.90. The minimum absolute atomic E-state index is 0.0164. The van der Waals surface area contributed by atoms with Gasteiger partial charge in [0.25, 0.3) is 15.9 Å². The molecule has 1 fully saturated rings. The van der Waals surface area contributed by atoms with Crippen molar-refractivity contribution < 1.29 is 22.7 Å². The fraction of sp³-hybridized carbons (Fsp3) is 0.375. The molecule has 0 aliphatic carbocycles. The molecule has 1 aliphatic rings. The van der Waals surface area contributed by atoms with E-state index in [4.69, 9.17) is 4.74 Å². The van der Waals surface area contributed by atoms with Crippen LogP contribution in [0.2, 0.25) is 0 Å². The fourth-order valence-corrected chi connectivity index (χ4v) is 4.78. The molecule has 1 heterocycles. The molecule has 10 heteroatoms. The van der Waals surface area contributed by atoms with Crippen molar-refractivity contribution in [3.63, 3.8) is 0 Å². The number of rotatable bonds is 8. The largest absolute Gasteiger partial charge is 0.496 e. The highest BCUT2D eigenvalue weighted by atomic mass is 32.2. The Morgan fingerprint density at radius 3 is 2.50 bits per heavy atom. The number of methoxy groups -OCH3 is 1. The second kappa shape index (κ2) is 10.7. The Bertz CT molecular complexity index is 1190. The molecule has 182 valence electrons. The van der Waals surface area contributed by atoms with Crippen LogP contribution in [0.25, 0.3) is 0 Å². The number of nitrogens with zero attached hydrogens (tertiary/aromatic N) is 2. The molecule has 0 saturated carbocycles. The van der Waals surface area contributed by atoms with Crippen molar-refractivity contribution in [3.05, 3.63) is 54.1 Å². The summed E-state index contributed by atoms with van der Waals surface area (Å²) in [5.41, 5.74) is 0.607. The first kappa shape index (κ1) is 25.2. The SMILES string of the molecule is COc1ccccc1C(=O)NC(C(=O)Nc1cccc(S(=O)(=O)/N=C2/CCCN2C)c1)C(C)C. The number of para-hydroxylation sites is 1. The Hall–Kier alpha value is -3.40. The number of anilines is 1. The summed E-state index contributed by atoms with van der Waals surface area (Å²) in [6.07, 6.45) is 1.46. The second-order valence-electron chi connectivity index (χ2n) is 8.42. The molecule has 0 spiro atoms. The van der Waals surface area contributed by atoms with Gasteiger partial charge in [0.05, 0.1) is 17.6 Å². The van der Waals surface area contributed by atoms with Crippen LogP contribution in [0.4, 0.5) is 5.69 Å². The van der Waals surface area contributed by atoms with E-state index in [0.717, 1.165) is 13.0 Å². The summed E-state index contributed by atoms with van der Waals surface area (Å²) in [6, 6.07) is 11.8. The van der Waals surface area contributed by atoms with Gasteiger partial charge in [0.1, 0.15) is 17.6 Å². The van der Waals surface area contributed by atoms with Gasteiger partial charge in [-0.15, -0.1) is 4.40 Å². The third kappa shape index (κ3) is 5.93. The predicted molar refractivity (Wildman–Crippen MR) is 131 cm³/mol. The number of ether oxygens (including phenoxy) is 1. The first-order valence-corrected chi connectivity index (χ1v) is 12.5. The summed E-state index contributed by atoms with van der Waals surface area (Å²) < 4.78 is 34.8. The molecular weight excluding hydrogens is 456 g/mol. The van der Waals surface area contributed by atoms with E-state index in [1.807, 2.05) is 25.8 Å². The Morgan fingerprint density at radius 2 is 1.85 bits per heavy atom. The number of benzene rings is 2. The minimum atomic E-state index is -3.92. The molecule has 1 unspecified atom stereocenters. The maximum Gasteiger partial charge on any atom is 0.284 e. The Labute approximate surface area is 200 Å². The molecule has 0 radical (unpaired) electrons. The minimum Gasteiger partial charge on any atom is -0.496 e. The van der Waals surface area contributed by atoms with Crippen molar-refractivity contribution in [2.75, 3.05) is 26.0 Å². The zero-order valence-electron chi connectivity index (χ0n) is 19.7. The van der Waals surface area contributed by atoms with Crippen LogP contribution >= 0.6 is 0 Å². The van der Waals surface area contributed by atoms with E-state index in [-0.39, 0.29) is 10.8 Å². The fourth-order valence-electron chi connectivity index (χ4n) is 3.64. The van der Waals surface area contributed by atoms with Crippen LogP contribution in [0, 0.1) is 5.92 Å². The number of carbonyl (C=O) groups excluding carboxylic acids is 2. The Kier molecular flexibility index (Phi) is 7.93. The summed E-state index contributed by atoms with van der Waals surface area (Å²) in [5, 5.41) is 5.46. The second-order valence-corrected chi connectivity index (χ2v) is 10.0. The zero-order chi connectivity index (χ0) is 24.9. The number of sulfonamides is 1. The van der Waals surface area contributed by atoms with Gasteiger partial charge in [-0.05, 0) is 42.7 Å². The first-order chi connectivity index (χ1) is 16.1. The molecule has 9 nitrogen and oxygen atoms in total. The smallest absolute Gasteiger partial charge is 0.284 e. The Balaban J connectivity index is 1.77. The van der Waals surface area contributed by atoms with Crippen LogP contribution in [0.1, 0.15) is 37.0 Å². The van der Waals surface area contributed by atoms with Gasteiger partial charge in [-0.3, -0.25) is 9.59 Å². The predicted octanol–water partition coefficient (Wildman–Crippen LogP) is 2.90. The molecule has 2 amide bonds. The van der Waals surface area contributed by atoms with Gasteiger partial charge < -0.3 is 20.3 Å². The van der Waals surface area contributed by atoms with E-state index in [9.17, 15) is 18.0 Å². The molecule has 2 aromatic carbocycles. The molecule has 34 heavy (non-hydrogen) atoms. The molecule has 1 aliphatic heterocycles. The third-order valence-corrected chi connectivity index (χ3v) is 6.85. The monoisotopic (exact) mass is 486 g/mol. The number of amides is 2. The number of amidine groups is 1. The van der Waals surface area contributed by atoms with Gasteiger partial charge in [-0.2, -0.15) is 8.42 Å². The van der Waals surface area contributed by atoms with E-state index in [1.165, 1.54) is 19.2 Å². The van der Waals surface area contributed by atoms with Crippen molar-refractivity contribution in [1.82, 2.24) is 10.2 Å². The maximum atomic E-state index is 13.0. The van der Waals surface area contributed by atoms with E-state index >= 15 is 0 Å². The van der Waals surface area contributed by atoms with Crippen molar-refractivity contribution in [2.24, 2.45) is 10.3 Å². The molecule has 3 rings (SSSR count). The molecule has 1 saturated heterocycles. The summed E-state index contributed by atoms with van der Waals surface area (Å²) in [7, 11) is -0.646. The van der Waals surface area contributed by atoms with Crippen molar-refractivity contribution in [3.8, 4) is 5.75 Å². The van der Waals surface area contributed by atoms with Gasteiger partial charge in [0, 0.05) is 25.7 Å². The maximum absolute atomic E-state index is 13.0. The van der Waals surface area contributed by atoms with E-state index < -0.39 is 27.9 Å². The molecule has 0 aromatic heterocycles. The van der Waals surface area contributed by atoms with Gasteiger partial charge in [-0.1, -0.05) is 32.0 Å². The van der Waals surface area contributed by atoms with Crippen LogP contribution < -0.4 is 15.4 Å². The van der Waals surface area contributed by atoms with Gasteiger partial charge in [0.15, 0.2) is 0 Å². The Morgan fingerprint density at radius 1 is 1.12 bits per heavy atom. The van der Waals surface area contributed by atoms with Crippen LogP contribution in [-0.2, 0) is 14.8 Å². The van der Waals surface area contributed by atoms with Gasteiger partial charge >= 0.3 is 0 Å². The zero-order valence-corrected chi connectivity index (χ0v) is 20.6. The molecule has 1 atom stereocenters. The lowest BCUT2D eigenvalue weighted by molar-refractivity contribution is -0.118. The van der Waals surface area contributed by atoms with Crippen LogP contribution in [0.3, 0.4) is 0 Å². The van der Waals surface area contributed by atoms with E-state index in [1.54, 1.807) is 36.4 Å². The van der Waals surface area contributed by atoms with E-state index in [2.05, 4.69) is 15.0 Å². The molecule has 0 bridgehead atoms. The summed E-state index contributed by atoms with van der Waals surface area (Å²) in [6.45, 7) is 4.38. The lowest BCUT2D eigenvalue weighted by Crippen LogP contribution is -2.47. The average molecular weight is 487 g/mol. The highest BCUT2D eigenvalue weighted by Crippen LogP contribution is 2.21. The molecule has 2 aromatic rings. The quantitative estimate of drug-likeness (QED) is 0.593. The topological polar surface area (TPSA) is 117 Å². The van der Waals surface area contributed by atoms with Crippen LogP contribution in [-0.4, -0.2) is 57.7 Å². The highest BCUT2D eigenvalue weighted by Gasteiger charge is 2.26. The van der Waals surface area contributed by atoms with Crippen molar-refractivity contribution >= 4 is 33.4 Å². The number of carbonyl (C=O) groups is 2. The summed E-state index contributed by atoms with van der Waals surface area (Å²) in [4.78, 5) is 27.6. The summed E-state index contributed by atoms with van der Waals surface area (Å²) >= 11 is 0. The lowest BCUT2D eigenvalue weighted by atomic mass is 10.0. The van der Waals surface area contributed by atoms with Gasteiger partial charge in [0.2, 0.25) is 5.91 Å². The normalized spacial score (nSPS) is 15.9. The number of nitrogens with one attached hydrogen (secondary N) is 2. The number of likely N-dealkylation sites (tertiary alicyclic amines) is 1. The van der Waals surface area contributed by atoms with Crippen molar-refractivity contribution in [2.45, 2.75) is 37.6 Å². The van der Waals surface area contributed by atoms with Crippen LogP contribution in [0.5, 0.6) is 5.75 Å². The van der Waals surface area contributed by atoms with E-state index in [0.29, 0.717) is 29.3 Å². The lowest BCUT2D eigenvalue weighted by Gasteiger charge is -2.22. The van der Waals surface area contributed by atoms with Crippen molar-refractivity contribution in [1.29, 1.82) is 0 Å². The molecule has 2 N–H and O–H groups in total. The third-order valence-electron chi connectivity index (χ3n) is 5.55.